The normalized spacial score (nSPS) is 34.0. The van der Waals surface area contributed by atoms with Gasteiger partial charge >= 0.3 is 5.97 Å². The highest BCUT2D eigenvalue weighted by Gasteiger charge is 2.60. The summed E-state index contributed by atoms with van der Waals surface area (Å²) in [4.78, 5) is 12.0. The number of esters is 1. The summed E-state index contributed by atoms with van der Waals surface area (Å²) in [5, 5.41) is 0. The van der Waals surface area contributed by atoms with Crippen LogP contribution in [0.15, 0.2) is 0 Å². The molecule has 1 heterocycles. The van der Waals surface area contributed by atoms with E-state index in [4.69, 9.17) is 9.47 Å². The number of fused-ring (bicyclic) bond motifs is 1. The van der Waals surface area contributed by atoms with Crippen LogP contribution in [0.25, 0.3) is 0 Å². The molecule has 0 spiro atoms. The molecule has 0 aromatic carbocycles. The maximum atomic E-state index is 12.0. The van der Waals surface area contributed by atoms with Crippen molar-refractivity contribution in [2.75, 3.05) is 6.61 Å². The molecule has 2 rings (SSSR count). The van der Waals surface area contributed by atoms with Crippen molar-refractivity contribution in [2.45, 2.75) is 72.0 Å². The first kappa shape index (κ1) is 14.8. The number of carbonyl (C=O) groups excluding carboxylic acids is 1. The summed E-state index contributed by atoms with van der Waals surface area (Å²) < 4.78 is 11.6. The molecule has 0 radical (unpaired) electrons. The van der Waals surface area contributed by atoms with E-state index in [2.05, 4.69) is 27.7 Å². The Labute approximate surface area is 117 Å². The van der Waals surface area contributed by atoms with Crippen molar-refractivity contribution in [3.63, 3.8) is 0 Å². The largest absolute Gasteiger partial charge is 0.461 e. The zero-order chi connectivity index (χ0) is 14.0. The van der Waals surface area contributed by atoms with Gasteiger partial charge in [0, 0.05) is 24.4 Å². The Bertz CT molecular complexity index is 324. The van der Waals surface area contributed by atoms with Crippen LogP contribution in [0.3, 0.4) is 0 Å². The molecular formula is C16H28O3. The van der Waals surface area contributed by atoms with Gasteiger partial charge in [-0.3, -0.25) is 4.79 Å². The molecule has 4 atom stereocenters. The summed E-state index contributed by atoms with van der Waals surface area (Å²) in [5.41, 5.74) is -0.0191. The van der Waals surface area contributed by atoms with E-state index in [1.807, 2.05) is 0 Å². The number of rotatable bonds is 5. The zero-order valence-electron chi connectivity index (χ0n) is 12.8. The fraction of sp³-hybridized carbons (Fsp3) is 0.938. The lowest BCUT2D eigenvalue weighted by atomic mass is 9.57. The van der Waals surface area contributed by atoms with Crippen LogP contribution in [0, 0.1) is 17.3 Å². The average Bonchev–Trinajstić information content (AvgIpc) is 2.36. The smallest absolute Gasteiger partial charge is 0.306 e. The lowest BCUT2D eigenvalue weighted by molar-refractivity contribution is -0.255. The van der Waals surface area contributed by atoms with Crippen molar-refractivity contribution in [3.05, 3.63) is 0 Å². The van der Waals surface area contributed by atoms with Gasteiger partial charge in [-0.25, -0.2) is 0 Å². The van der Waals surface area contributed by atoms with Gasteiger partial charge in [0.1, 0.15) is 6.10 Å². The van der Waals surface area contributed by atoms with Gasteiger partial charge in [0.05, 0.1) is 6.10 Å². The molecule has 0 amide bonds. The summed E-state index contributed by atoms with van der Waals surface area (Å²) in [6.45, 7) is 9.46. The molecule has 3 heteroatoms. The Kier molecular flexibility index (Phi) is 4.54. The second-order valence-electron chi connectivity index (χ2n) is 6.93. The van der Waals surface area contributed by atoms with Gasteiger partial charge in [0.15, 0.2) is 0 Å². The molecule has 110 valence electrons. The van der Waals surface area contributed by atoms with Crippen molar-refractivity contribution in [1.29, 1.82) is 0 Å². The molecule has 0 unspecified atom stereocenters. The third-order valence-electron chi connectivity index (χ3n) is 4.78. The first-order chi connectivity index (χ1) is 8.96. The Morgan fingerprint density at radius 2 is 2.21 bits per heavy atom. The van der Waals surface area contributed by atoms with E-state index in [1.165, 1.54) is 0 Å². The minimum atomic E-state index is -0.0250. The molecule has 0 aromatic heterocycles. The topological polar surface area (TPSA) is 35.5 Å². The predicted molar refractivity (Wildman–Crippen MR) is 74.8 cm³/mol. The quantitative estimate of drug-likeness (QED) is 0.715. The Balaban J connectivity index is 1.86. The number of carbonyl (C=O) groups is 1. The van der Waals surface area contributed by atoms with E-state index in [0.29, 0.717) is 18.3 Å². The fourth-order valence-corrected chi connectivity index (χ4v) is 3.78. The molecule has 3 nitrogen and oxygen atoms in total. The van der Waals surface area contributed by atoms with Gasteiger partial charge in [-0.15, -0.1) is 0 Å². The van der Waals surface area contributed by atoms with Crippen LogP contribution in [0.2, 0.25) is 0 Å². The molecule has 1 saturated carbocycles. The molecule has 1 aliphatic carbocycles. The third kappa shape index (κ3) is 2.96. The predicted octanol–water partition coefficient (Wildman–Crippen LogP) is 3.56. The van der Waals surface area contributed by atoms with Gasteiger partial charge < -0.3 is 9.47 Å². The highest BCUT2D eigenvalue weighted by Crippen LogP contribution is 2.53. The van der Waals surface area contributed by atoms with Crippen molar-refractivity contribution >= 4 is 5.97 Å². The third-order valence-corrected chi connectivity index (χ3v) is 4.78. The van der Waals surface area contributed by atoms with Gasteiger partial charge in [-0.1, -0.05) is 40.5 Å². The second kappa shape index (κ2) is 5.82. The van der Waals surface area contributed by atoms with Crippen molar-refractivity contribution < 1.29 is 14.3 Å². The van der Waals surface area contributed by atoms with E-state index in [1.54, 1.807) is 0 Å². The summed E-state index contributed by atoms with van der Waals surface area (Å²) in [6.07, 6.45) is 5.35. The highest BCUT2D eigenvalue weighted by atomic mass is 16.6. The van der Waals surface area contributed by atoms with Crippen LogP contribution in [0.5, 0.6) is 0 Å². The Morgan fingerprint density at radius 1 is 1.47 bits per heavy atom. The average molecular weight is 268 g/mol. The lowest BCUT2D eigenvalue weighted by Crippen LogP contribution is -2.65. The zero-order valence-corrected chi connectivity index (χ0v) is 12.8. The fourth-order valence-electron chi connectivity index (χ4n) is 3.78. The summed E-state index contributed by atoms with van der Waals surface area (Å²) in [5.74, 6) is 0.830. The van der Waals surface area contributed by atoms with E-state index >= 15 is 0 Å². The molecule has 0 N–H and O–H groups in total. The van der Waals surface area contributed by atoms with Crippen LogP contribution in [0.1, 0.15) is 59.8 Å². The summed E-state index contributed by atoms with van der Waals surface area (Å²) in [6, 6.07) is 0. The van der Waals surface area contributed by atoms with E-state index in [0.717, 1.165) is 32.3 Å². The van der Waals surface area contributed by atoms with Gasteiger partial charge in [0.25, 0.3) is 0 Å². The molecule has 2 aliphatic rings. The monoisotopic (exact) mass is 268 g/mol. The van der Waals surface area contributed by atoms with Crippen molar-refractivity contribution in [2.24, 2.45) is 17.3 Å². The van der Waals surface area contributed by atoms with Crippen LogP contribution in [-0.4, -0.2) is 24.8 Å². The van der Waals surface area contributed by atoms with E-state index in [-0.39, 0.29) is 23.6 Å². The number of ether oxygens (including phenoxy) is 2. The van der Waals surface area contributed by atoms with E-state index in [9.17, 15) is 4.79 Å². The van der Waals surface area contributed by atoms with Crippen molar-refractivity contribution in [1.82, 2.24) is 0 Å². The first-order valence-corrected chi connectivity index (χ1v) is 7.78. The van der Waals surface area contributed by atoms with Crippen LogP contribution in [0.4, 0.5) is 0 Å². The SMILES string of the molecule is CCC[C@H](C)CC(=O)O[C@@H]1[C@H]2CCCO[C@@H]2C1(C)C. The highest BCUT2D eigenvalue weighted by molar-refractivity contribution is 5.70. The lowest BCUT2D eigenvalue weighted by Gasteiger charge is -2.58. The summed E-state index contributed by atoms with van der Waals surface area (Å²) >= 11 is 0. The van der Waals surface area contributed by atoms with Gasteiger partial charge in [-0.05, 0) is 18.8 Å². The van der Waals surface area contributed by atoms with Crippen molar-refractivity contribution in [3.8, 4) is 0 Å². The molecule has 0 bridgehead atoms. The first-order valence-electron chi connectivity index (χ1n) is 7.78. The summed E-state index contributed by atoms with van der Waals surface area (Å²) in [7, 11) is 0. The number of hydrogen-bond acceptors (Lipinski definition) is 3. The molecular weight excluding hydrogens is 240 g/mol. The van der Waals surface area contributed by atoms with Crippen LogP contribution >= 0.6 is 0 Å². The molecule has 0 aromatic rings. The minimum Gasteiger partial charge on any atom is -0.461 e. The molecule has 1 aliphatic heterocycles. The Morgan fingerprint density at radius 3 is 2.89 bits per heavy atom. The van der Waals surface area contributed by atoms with Gasteiger partial charge in [0.2, 0.25) is 0 Å². The van der Waals surface area contributed by atoms with Crippen LogP contribution in [-0.2, 0) is 14.3 Å². The number of hydrogen-bond donors (Lipinski definition) is 0. The molecule has 2 fully saturated rings. The Hall–Kier alpha value is -0.570. The second-order valence-corrected chi connectivity index (χ2v) is 6.93. The van der Waals surface area contributed by atoms with Crippen LogP contribution < -0.4 is 0 Å². The molecule has 19 heavy (non-hydrogen) atoms. The maximum absolute atomic E-state index is 12.0. The van der Waals surface area contributed by atoms with Gasteiger partial charge in [-0.2, -0.15) is 0 Å². The standard InChI is InChI=1S/C16H28O3/c1-5-7-11(2)10-13(17)19-15-12-8-6-9-18-14(12)16(15,3)4/h11-12,14-15H,5-10H2,1-4H3/t11-,12-,14-,15+/m0/s1. The minimum absolute atomic E-state index is 0.0191. The molecule has 1 saturated heterocycles. The maximum Gasteiger partial charge on any atom is 0.306 e. The van der Waals surface area contributed by atoms with E-state index < -0.39 is 0 Å².